The lowest BCUT2D eigenvalue weighted by molar-refractivity contribution is -0.118. The highest BCUT2D eigenvalue weighted by Crippen LogP contribution is 2.24. The molecule has 122 valence electrons. The number of halogens is 1. The Bertz CT molecular complexity index is 815. The number of carbonyl (C=O) groups excluding carboxylic acids is 2. The number of amides is 2. The zero-order valence-electron chi connectivity index (χ0n) is 12.8. The van der Waals surface area contributed by atoms with Crippen LogP contribution in [0.5, 0.6) is 5.75 Å². The molecule has 0 aliphatic rings. The minimum Gasteiger partial charge on any atom is -0.482 e. The molecule has 0 radical (unpaired) electrons. The van der Waals surface area contributed by atoms with Crippen LogP contribution in [-0.2, 0) is 9.59 Å². The number of benzene rings is 2. The molecule has 0 spiro atoms. The molecule has 2 aromatic carbocycles. The summed E-state index contributed by atoms with van der Waals surface area (Å²) in [5, 5.41) is 14.6. The molecule has 0 atom stereocenters. The van der Waals surface area contributed by atoms with Crippen molar-refractivity contribution in [3.05, 3.63) is 53.1 Å². The number of nitrogens with one attached hydrogen (secondary N) is 2. The Morgan fingerprint density at radius 1 is 1.17 bits per heavy atom. The molecule has 0 heterocycles. The van der Waals surface area contributed by atoms with Gasteiger partial charge in [-0.05, 0) is 30.3 Å². The normalized spacial score (nSPS) is 9.71. The van der Waals surface area contributed by atoms with E-state index < -0.39 is 5.91 Å². The van der Waals surface area contributed by atoms with Crippen molar-refractivity contribution in [2.75, 3.05) is 17.2 Å². The van der Waals surface area contributed by atoms with Crippen molar-refractivity contribution in [1.82, 2.24) is 0 Å². The maximum atomic E-state index is 12.0. The number of nitriles is 1. The zero-order valence-corrected chi connectivity index (χ0v) is 13.6. The van der Waals surface area contributed by atoms with E-state index in [1.807, 2.05) is 6.07 Å². The van der Waals surface area contributed by atoms with Crippen molar-refractivity contribution in [2.24, 2.45) is 0 Å². The van der Waals surface area contributed by atoms with Gasteiger partial charge in [0.15, 0.2) is 6.61 Å². The Balaban J connectivity index is 2.03. The number of anilines is 2. The summed E-state index contributed by atoms with van der Waals surface area (Å²) >= 11 is 5.87. The standard InChI is InChI=1S/C17H14ClN3O3/c1-11(22)20-14-4-2-3-5-16(14)24-10-17(23)21-15-8-13(18)7-6-12(15)9-19/h2-8H,10H2,1H3,(H,20,22)(H,21,23). The summed E-state index contributed by atoms with van der Waals surface area (Å²) in [6.45, 7) is 1.10. The fourth-order valence-electron chi connectivity index (χ4n) is 1.93. The third-order valence-corrected chi connectivity index (χ3v) is 3.17. The first kappa shape index (κ1) is 17.3. The van der Waals surface area contributed by atoms with Gasteiger partial charge in [-0.15, -0.1) is 0 Å². The lowest BCUT2D eigenvalue weighted by Crippen LogP contribution is -2.21. The SMILES string of the molecule is CC(=O)Nc1ccccc1OCC(=O)Nc1cc(Cl)ccc1C#N. The average molecular weight is 344 g/mol. The van der Waals surface area contributed by atoms with Gasteiger partial charge in [0.1, 0.15) is 11.8 Å². The van der Waals surface area contributed by atoms with Crippen LogP contribution in [-0.4, -0.2) is 18.4 Å². The smallest absolute Gasteiger partial charge is 0.262 e. The fraction of sp³-hybridized carbons (Fsp3) is 0.118. The summed E-state index contributed by atoms with van der Waals surface area (Å²) in [6, 6.07) is 13.3. The predicted octanol–water partition coefficient (Wildman–Crippen LogP) is 3.19. The van der Waals surface area contributed by atoms with Gasteiger partial charge in [-0.2, -0.15) is 5.26 Å². The minimum atomic E-state index is -0.452. The summed E-state index contributed by atoms with van der Waals surface area (Å²) in [4.78, 5) is 23.2. The van der Waals surface area contributed by atoms with Crippen molar-refractivity contribution in [3.63, 3.8) is 0 Å². The molecule has 0 aromatic heterocycles. The van der Waals surface area contributed by atoms with E-state index in [1.165, 1.54) is 19.1 Å². The Morgan fingerprint density at radius 2 is 1.92 bits per heavy atom. The second-order valence-corrected chi connectivity index (χ2v) is 5.25. The van der Waals surface area contributed by atoms with E-state index in [0.29, 0.717) is 27.7 Å². The molecule has 2 rings (SSSR count). The molecule has 6 nitrogen and oxygen atoms in total. The maximum absolute atomic E-state index is 12.0. The zero-order chi connectivity index (χ0) is 17.5. The van der Waals surface area contributed by atoms with Gasteiger partial charge in [-0.3, -0.25) is 9.59 Å². The molecule has 0 bridgehead atoms. The molecule has 2 amide bonds. The monoisotopic (exact) mass is 343 g/mol. The van der Waals surface area contributed by atoms with Crippen LogP contribution in [0.4, 0.5) is 11.4 Å². The molecule has 7 heteroatoms. The third-order valence-electron chi connectivity index (χ3n) is 2.93. The van der Waals surface area contributed by atoms with Crippen molar-refractivity contribution >= 4 is 34.8 Å². The lowest BCUT2D eigenvalue weighted by Gasteiger charge is -2.12. The number of para-hydroxylation sites is 2. The fourth-order valence-corrected chi connectivity index (χ4v) is 2.10. The third kappa shape index (κ3) is 4.73. The summed E-state index contributed by atoms with van der Waals surface area (Å²) in [6.07, 6.45) is 0. The highest BCUT2D eigenvalue weighted by atomic mass is 35.5. The van der Waals surface area contributed by atoms with E-state index in [9.17, 15) is 9.59 Å². The molecule has 0 aliphatic carbocycles. The summed E-state index contributed by atoms with van der Waals surface area (Å²) in [5.41, 5.74) is 1.08. The van der Waals surface area contributed by atoms with Gasteiger partial charge in [0.05, 0.1) is 16.9 Å². The number of rotatable bonds is 5. The first-order valence-electron chi connectivity index (χ1n) is 6.98. The van der Waals surface area contributed by atoms with Crippen LogP contribution in [0.25, 0.3) is 0 Å². The van der Waals surface area contributed by atoms with E-state index in [4.69, 9.17) is 21.6 Å². The summed E-state index contributed by atoms with van der Waals surface area (Å²) < 4.78 is 5.43. The highest BCUT2D eigenvalue weighted by Gasteiger charge is 2.10. The number of hydrogen-bond acceptors (Lipinski definition) is 4. The maximum Gasteiger partial charge on any atom is 0.262 e. The van der Waals surface area contributed by atoms with Crippen LogP contribution in [0.2, 0.25) is 5.02 Å². The molecular formula is C17H14ClN3O3. The van der Waals surface area contributed by atoms with E-state index in [1.54, 1.807) is 30.3 Å². The van der Waals surface area contributed by atoms with Crippen LogP contribution in [0.1, 0.15) is 12.5 Å². The van der Waals surface area contributed by atoms with E-state index in [-0.39, 0.29) is 12.5 Å². The van der Waals surface area contributed by atoms with Crippen molar-refractivity contribution in [1.29, 1.82) is 5.26 Å². The van der Waals surface area contributed by atoms with Crippen LogP contribution in [0, 0.1) is 11.3 Å². The molecule has 2 N–H and O–H groups in total. The Labute approximate surface area is 144 Å². The topological polar surface area (TPSA) is 91.2 Å². The summed E-state index contributed by atoms with van der Waals surface area (Å²) in [7, 11) is 0. The molecule has 0 saturated carbocycles. The Kier molecular flexibility index (Phi) is 5.77. The van der Waals surface area contributed by atoms with E-state index in [0.717, 1.165) is 0 Å². The molecular weight excluding hydrogens is 330 g/mol. The Hall–Kier alpha value is -3.04. The van der Waals surface area contributed by atoms with Gasteiger partial charge in [-0.1, -0.05) is 23.7 Å². The van der Waals surface area contributed by atoms with E-state index >= 15 is 0 Å². The molecule has 0 fully saturated rings. The van der Waals surface area contributed by atoms with Gasteiger partial charge in [0.25, 0.3) is 5.91 Å². The van der Waals surface area contributed by atoms with Crippen molar-refractivity contribution in [3.8, 4) is 11.8 Å². The van der Waals surface area contributed by atoms with Crippen molar-refractivity contribution in [2.45, 2.75) is 6.92 Å². The largest absolute Gasteiger partial charge is 0.482 e. The molecule has 24 heavy (non-hydrogen) atoms. The van der Waals surface area contributed by atoms with Gasteiger partial charge >= 0.3 is 0 Å². The van der Waals surface area contributed by atoms with Crippen LogP contribution >= 0.6 is 11.6 Å². The quantitative estimate of drug-likeness (QED) is 0.872. The van der Waals surface area contributed by atoms with E-state index in [2.05, 4.69) is 10.6 Å². The molecule has 0 aliphatic heterocycles. The molecule has 2 aromatic rings. The highest BCUT2D eigenvalue weighted by molar-refractivity contribution is 6.31. The second-order valence-electron chi connectivity index (χ2n) is 4.82. The number of ether oxygens (including phenoxy) is 1. The van der Waals surface area contributed by atoms with Crippen LogP contribution in [0.15, 0.2) is 42.5 Å². The number of carbonyl (C=O) groups is 2. The second kappa shape index (κ2) is 7.99. The van der Waals surface area contributed by atoms with Gasteiger partial charge in [-0.25, -0.2) is 0 Å². The lowest BCUT2D eigenvalue weighted by atomic mass is 10.2. The first-order valence-corrected chi connectivity index (χ1v) is 7.36. The van der Waals surface area contributed by atoms with Gasteiger partial charge < -0.3 is 15.4 Å². The summed E-state index contributed by atoms with van der Waals surface area (Å²) in [5.74, 6) is -0.325. The number of nitrogens with zero attached hydrogens (tertiary/aromatic N) is 1. The predicted molar refractivity (Wildman–Crippen MR) is 91.0 cm³/mol. The van der Waals surface area contributed by atoms with Gasteiger partial charge in [0, 0.05) is 11.9 Å². The van der Waals surface area contributed by atoms with Crippen LogP contribution < -0.4 is 15.4 Å². The van der Waals surface area contributed by atoms with Crippen LogP contribution in [0.3, 0.4) is 0 Å². The first-order chi connectivity index (χ1) is 11.5. The molecule has 0 saturated heterocycles. The minimum absolute atomic E-state index is 0.243. The average Bonchev–Trinajstić information content (AvgIpc) is 2.54. The Morgan fingerprint density at radius 3 is 2.62 bits per heavy atom. The molecule has 0 unspecified atom stereocenters. The van der Waals surface area contributed by atoms with Crippen molar-refractivity contribution < 1.29 is 14.3 Å². The number of hydrogen-bond donors (Lipinski definition) is 2. The van der Waals surface area contributed by atoms with Gasteiger partial charge in [0.2, 0.25) is 5.91 Å².